The van der Waals surface area contributed by atoms with Gasteiger partial charge in [-0.05, 0) is 30.9 Å². The molecule has 5 nitrogen and oxygen atoms in total. The molecule has 0 aliphatic carbocycles. The summed E-state index contributed by atoms with van der Waals surface area (Å²) in [7, 11) is 2.12. The lowest BCUT2D eigenvalue weighted by molar-refractivity contribution is -0.133. The Morgan fingerprint density at radius 1 is 1.38 bits per heavy atom. The van der Waals surface area contributed by atoms with Crippen molar-refractivity contribution in [3.8, 4) is 0 Å². The van der Waals surface area contributed by atoms with Crippen LogP contribution in [-0.4, -0.2) is 56.2 Å². The first-order chi connectivity index (χ1) is 11.7. The molecule has 2 unspecified atom stereocenters. The molecule has 1 saturated heterocycles. The van der Waals surface area contributed by atoms with E-state index in [1.807, 2.05) is 4.90 Å². The van der Waals surface area contributed by atoms with E-state index in [0.717, 1.165) is 39.0 Å². The number of anilines is 1. The lowest BCUT2D eigenvalue weighted by Crippen LogP contribution is -2.47. The van der Waals surface area contributed by atoms with E-state index >= 15 is 0 Å². The van der Waals surface area contributed by atoms with Crippen LogP contribution in [0.2, 0.25) is 0 Å². The normalized spacial score (nSPS) is 23.9. The highest BCUT2D eigenvalue weighted by atomic mass is 16.5. The van der Waals surface area contributed by atoms with Crippen LogP contribution in [0.3, 0.4) is 0 Å². The van der Waals surface area contributed by atoms with Gasteiger partial charge in [0.25, 0.3) is 0 Å². The summed E-state index contributed by atoms with van der Waals surface area (Å²) in [5, 5.41) is 3.29. The molecule has 1 fully saturated rings. The van der Waals surface area contributed by atoms with Gasteiger partial charge in [-0.1, -0.05) is 25.1 Å². The molecular formula is C19H29N3O2. The number of hydrogen-bond acceptors (Lipinski definition) is 4. The number of nitrogens with one attached hydrogen (secondary N) is 1. The van der Waals surface area contributed by atoms with E-state index in [-0.39, 0.29) is 18.1 Å². The van der Waals surface area contributed by atoms with Crippen LogP contribution in [0.1, 0.15) is 31.7 Å². The number of para-hydroxylation sites is 1. The maximum Gasteiger partial charge on any atom is 0.237 e. The van der Waals surface area contributed by atoms with Gasteiger partial charge in [-0.3, -0.25) is 4.79 Å². The number of hydrogen-bond donors (Lipinski definition) is 1. The molecule has 3 rings (SSSR count). The molecule has 2 aliphatic rings. The SMILES string of the molecule is CCC1CN(C)c2ccccc2CN1C(=O)CNCC1CCCO1. The van der Waals surface area contributed by atoms with E-state index in [9.17, 15) is 4.79 Å². The summed E-state index contributed by atoms with van der Waals surface area (Å²) in [6.07, 6.45) is 3.47. The predicted octanol–water partition coefficient (Wildman–Crippen LogP) is 2.01. The second kappa shape index (κ2) is 7.99. The number of likely N-dealkylation sites (N-methyl/N-ethyl adjacent to an activating group) is 1. The van der Waals surface area contributed by atoms with E-state index < -0.39 is 0 Å². The second-order valence-corrected chi connectivity index (χ2v) is 6.86. The van der Waals surface area contributed by atoms with Crippen molar-refractivity contribution in [2.45, 2.75) is 44.9 Å². The monoisotopic (exact) mass is 331 g/mol. The van der Waals surface area contributed by atoms with Crippen LogP contribution < -0.4 is 10.2 Å². The number of rotatable bonds is 5. The fourth-order valence-corrected chi connectivity index (χ4v) is 3.73. The highest BCUT2D eigenvalue weighted by Gasteiger charge is 2.28. The third kappa shape index (κ3) is 3.90. The van der Waals surface area contributed by atoms with Crippen molar-refractivity contribution >= 4 is 11.6 Å². The summed E-state index contributed by atoms with van der Waals surface area (Å²) in [5.74, 6) is 0.185. The minimum absolute atomic E-state index is 0.185. The predicted molar refractivity (Wildman–Crippen MR) is 96.2 cm³/mol. The molecule has 2 atom stereocenters. The van der Waals surface area contributed by atoms with Crippen molar-refractivity contribution in [1.29, 1.82) is 0 Å². The molecule has 1 N–H and O–H groups in total. The number of benzene rings is 1. The number of ether oxygens (including phenoxy) is 1. The minimum Gasteiger partial charge on any atom is -0.377 e. The van der Waals surface area contributed by atoms with Gasteiger partial charge < -0.3 is 19.9 Å². The van der Waals surface area contributed by atoms with Crippen LogP contribution in [0.4, 0.5) is 5.69 Å². The van der Waals surface area contributed by atoms with Crippen LogP contribution in [0.25, 0.3) is 0 Å². The van der Waals surface area contributed by atoms with E-state index in [4.69, 9.17) is 4.74 Å². The zero-order valence-electron chi connectivity index (χ0n) is 14.8. The standard InChI is InChI=1S/C19H29N3O2/c1-3-16-14-21(2)18-9-5-4-7-15(18)13-22(16)19(23)12-20-11-17-8-6-10-24-17/h4-5,7,9,16-17,20H,3,6,8,10-14H2,1-2H3. The van der Waals surface area contributed by atoms with Crippen molar-refractivity contribution in [2.24, 2.45) is 0 Å². The molecule has 0 spiro atoms. The fraction of sp³-hybridized carbons (Fsp3) is 0.632. The average molecular weight is 331 g/mol. The van der Waals surface area contributed by atoms with Crippen LogP contribution >= 0.6 is 0 Å². The highest BCUT2D eigenvalue weighted by Crippen LogP contribution is 2.27. The smallest absolute Gasteiger partial charge is 0.237 e. The van der Waals surface area contributed by atoms with Gasteiger partial charge in [-0.25, -0.2) is 0 Å². The molecule has 24 heavy (non-hydrogen) atoms. The van der Waals surface area contributed by atoms with E-state index in [2.05, 4.69) is 48.5 Å². The number of amides is 1. The molecule has 2 heterocycles. The molecule has 1 aromatic rings. The van der Waals surface area contributed by atoms with Crippen molar-refractivity contribution in [2.75, 3.05) is 38.2 Å². The lowest BCUT2D eigenvalue weighted by atomic mass is 10.1. The van der Waals surface area contributed by atoms with Gasteiger partial charge >= 0.3 is 0 Å². The topological polar surface area (TPSA) is 44.8 Å². The van der Waals surface area contributed by atoms with E-state index in [1.54, 1.807) is 0 Å². The molecule has 132 valence electrons. The second-order valence-electron chi connectivity index (χ2n) is 6.86. The first-order valence-corrected chi connectivity index (χ1v) is 9.10. The van der Waals surface area contributed by atoms with Gasteiger partial charge in [0.15, 0.2) is 0 Å². The molecule has 5 heteroatoms. The third-order valence-electron chi connectivity index (χ3n) is 5.13. The number of fused-ring (bicyclic) bond motifs is 1. The largest absolute Gasteiger partial charge is 0.377 e. The van der Waals surface area contributed by atoms with Crippen molar-refractivity contribution in [3.63, 3.8) is 0 Å². The Morgan fingerprint density at radius 3 is 2.96 bits per heavy atom. The number of carbonyl (C=O) groups is 1. The lowest BCUT2D eigenvalue weighted by Gasteiger charge is -2.31. The van der Waals surface area contributed by atoms with Crippen molar-refractivity contribution in [1.82, 2.24) is 10.2 Å². The summed E-state index contributed by atoms with van der Waals surface area (Å²) < 4.78 is 5.61. The Kier molecular flexibility index (Phi) is 5.74. The number of carbonyl (C=O) groups excluding carboxylic acids is 1. The van der Waals surface area contributed by atoms with Gasteiger partial charge in [0.1, 0.15) is 0 Å². The fourth-order valence-electron chi connectivity index (χ4n) is 3.73. The summed E-state index contributed by atoms with van der Waals surface area (Å²) >= 11 is 0. The molecule has 1 aromatic carbocycles. The van der Waals surface area contributed by atoms with Gasteiger partial charge in [0, 0.05) is 45.0 Å². The summed E-state index contributed by atoms with van der Waals surface area (Å²) in [6, 6.07) is 8.64. The Balaban J connectivity index is 1.64. The summed E-state index contributed by atoms with van der Waals surface area (Å²) in [5.41, 5.74) is 2.46. The molecule has 0 radical (unpaired) electrons. The Labute approximate surface area is 145 Å². The van der Waals surface area contributed by atoms with Crippen molar-refractivity contribution < 1.29 is 9.53 Å². The molecule has 0 bridgehead atoms. The molecule has 2 aliphatic heterocycles. The molecule has 0 saturated carbocycles. The highest BCUT2D eigenvalue weighted by molar-refractivity contribution is 5.79. The van der Waals surface area contributed by atoms with Crippen LogP contribution in [0.15, 0.2) is 24.3 Å². The van der Waals surface area contributed by atoms with E-state index in [0.29, 0.717) is 13.1 Å². The van der Waals surface area contributed by atoms with Gasteiger partial charge in [-0.2, -0.15) is 0 Å². The van der Waals surface area contributed by atoms with Crippen LogP contribution in [0, 0.1) is 0 Å². The molecular weight excluding hydrogens is 302 g/mol. The summed E-state index contributed by atoms with van der Waals surface area (Å²) in [4.78, 5) is 17.1. The van der Waals surface area contributed by atoms with Crippen molar-refractivity contribution in [3.05, 3.63) is 29.8 Å². The van der Waals surface area contributed by atoms with Crippen LogP contribution in [-0.2, 0) is 16.1 Å². The first kappa shape index (κ1) is 17.2. The third-order valence-corrected chi connectivity index (χ3v) is 5.13. The van der Waals surface area contributed by atoms with Gasteiger partial charge in [0.05, 0.1) is 12.6 Å². The van der Waals surface area contributed by atoms with Gasteiger partial charge in [-0.15, -0.1) is 0 Å². The zero-order valence-corrected chi connectivity index (χ0v) is 14.8. The zero-order chi connectivity index (χ0) is 16.9. The maximum absolute atomic E-state index is 12.8. The molecule has 0 aromatic heterocycles. The minimum atomic E-state index is 0.185. The maximum atomic E-state index is 12.8. The number of nitrogens with zero attached hydrogens (tertiary/aromatic N) is 2. The quantitative estimate of drug-likeness (QED) is 0.896. The van der Waals surface area contributed by atoms with Crippen LogP contribution in [0.5, 0.6) is 0 Å². The summed E-state index contributed by atoms with van der Waals surface area (Å²) in [6.45, 7) is 5.75. The average Bonchev–Trinajstić information content (AvgIpc) is 3.06. The Hall–Kier alpha value is -1.59. The Bertz CT molecular complexity index is 557. The van der Waals surface area contributed by atoms with E-state index in [1.165, 1.54) is 11.3 Å². The Morgan fingerprint density at radius 2 is 2.21 bits per heavy atom. The first-order valence-electron chi connectivity index (χ1n) is 9.10. The van der Waals surface area contributed by atoms with Gasteiger partial charge in [0.2, 0.25) is 5.91 Å². The molecule has 1 amide bonds.